The van der Waals surface area contributed by atoms with Crippen LogP contribution in [0.4, 0.5) is 0 Å². The number of rotatable bonds is 8. The summed E-state index contributed by atoms with van der Waals surface area (Å²) >= 11 is 0. The topological polar surface area (TPSA) is 39.7 Å². The van der Waals surface area contributed by atoms with E-state index in [1.807, 2.05) is 0 Å². The summed E-state index contributed by atoms with van der Waals surface area (Å²) in [5, 5.41) is 3.38. The molecule has 4 nitrogen and oxygen atoms in total. The third kappa shape index (κ3) is 5.54. The fraction of sp³-hybridized carbons (Fsp3) is 1.00. The van der Waals surface area contributed by atoms with Crippen molar-refractivity contribution in [2.45, 2.75) is 18.9 Å². The summed E-state index contributed by atoms with van der Waals surface area (Å²) in [6.07, 6.45) is 2.52. The first-order valence-corrected chi connectivity index (χ1v) is 5.31. The molecule has 1 N–H and O–H groups in total. The van der Waals surface area contributed by atoms with E-state index >= 15 is 0 Å². The predicted octanol–water partition coefficient (Wildman–Crippen LogP) is 0.418. The highest BCUT2D eigenvalue weighted by atomic mass is 16.5. The van der Waals surface area contributed by atoms with E-state index in [0.29, 0.717) is 32.5 Å². The first-order valence-electron chi connectivity index (χ1n) is 5.31. The van der Waals surface area contributed by atoms with Crippen molar-refractivity contribution in [3.63, 3.8) is 0 Å². The molecule has 4 heteroatoms. The van der Waals surface area contributed by atoms with E-state index in [2.05, 4.69) is 5.32 Å². The summed E-state index contributed by atoms with van der Waals surface area (Å²) in [5.74, 6) is 0. The van der Waals surface area contributed by atoms with Gasteiger partial charge in [-0.1, -0.05) is 0 Å². The largest absolute Gasteiger partial charge is 0.382 e. The van der Waals surface area contributed by atoms with E-state index in [1.54, 1.807) is 7.11 Å². The first kappa shape index (κ1) is 11.9. The number of hydrogen-bond acceptors (Lipinski definition) is 4. The van der Waals surface area contributed by atoms with Crippen LogP contribution in [0.2, 0.25) is 0 Å². The highest BCUT2D eigenvalue weighted by molar-refractivity contribution is 4.73. The Morgan fingerprint density at radius 1 is 1.14 bits per heavy atom. The molecule has 1 aliphatic rings. The van der Waals surface area contributed by atoms with Crippen molar-refractivity contribution < 1.29 is 14.2 Å². The molecule has 1 fully saturated rings. The van der Waals surface area contributed by atoms with Crippen LogP contribution in [0.5, 0.6) is 0 Å². The number of ether oxygens (including phenoxy) is 3. The van der Waals surface area contributed by atoms with E-state index in [4.69, 9.17) is 14.2 Å². The molecular formula is C10H21NO3. The van der Waals surface area contributed by atoms with Crippen LogP contribution in [0.15, 0.2) is 0 Å². The molecule has 0 spiro atoms. The van der Waals surface area contributed by atoms with Crippen molar-refractivity contribution in [2.75, 3.05) is 46.7 Å². The lowest BCUT2D eigenvalue weighted by atomic mass is 10.2. The minimum atomic E-state index is 0.564. The molecule has 0 saturated carbocycles. The van der Waals surface area contributed by atoms with Crippen molar-refractivity contribution in [3.8, 4) is 0 Å². The highest BCUT2D eigenvalue weighted by Gasteiger charge is 2.13. The van der Waals surface area contributed by atoms with Crippen LogP contribution in [-0.2, 0) is 14.2 Å². The lowest BCUT2D eigenvalue weighted by Gasteiger charge is -2.10. The zero-order chi connectivity index (χ0) is 10.1. The maximum atomic E-state index is 5.47. The van der Waals surface area contributed by atoms with Crippen LogP contribution >= 0.6 is 0 Å². The SMILES string of the molecule is COCCOCCOCC1CCCN1. The van der Waals surface area contributed by atoms with Gasteiger partial charge in [0.15, 0.2) is 0 Å². The third-order valence-corrected chi connectivity index (χ3v) is 2.29. The molecule has 14 heavy (non-hydrogen) atoms. The van der Waals surface area contributed by atoms with Crippen LogP contribution in [0.25, 0.3) is 0 Å². The Kier molecular flexibility index (Phi) is 6.95. The smallest absolute Gasteiger partial charge is 0.0701 e. The van der Waals surface area contributed by atoms with Gasteiger partial charge in [-0.15, -0.1) is 0 Å². The van der Waals surface area contributed by atoms with Gasteiger partial charge in [-0.25, -0.2) is 0 Å². The highest BCUT2D eigenvalue weighted by Crippen LogP contribution is 2.04. The minimum Gasteiger partial charge on any atom is -0.382 e. The zero-order valence-electron chi connectivity index (χ0n) is 8.96. The van der Waals surface area contributed by atoms with Gasteiger partial charge in [-0.2, -0.15) is 0 Å². The first-order chi connectivity index (χ1) is 6.93. The predicted molar refractivity (Wildman–Crippen MR) is 54.5 cm³/mol. The fourth-order valence-electron chi connectivity index (χ4n) is 1.49. The van der Waals surface area contributed by atoms with Gasteiger partial charge in [0.05, 0.1) is 33.0 Å². The standard InChI is InChI=1S/C10H21NO3/c1-12-5-6-13-7-8-14-9-10-3-2-4-11-10/h10-11H,2-9H2,1H3. The van der Waals surface area contributed by atoms with Gasteiger partial charge in [0.1, 0.15) is 0 Å². The summed E-state index contributed by atoms with van der Waals surface area (Å²) < 4.78 is 15.6. The second-order valence-corrected chi connectivity index (χ2v) is 3.47. The van der Waals surface area contributed by atoms with Crippen molar-refractivity contribution in [1.82, 2.24) is 5.32 Å². The second-order valence-electron chi connectivity index (χ2n) is 3.47. The normalized spacial score (nSPS) is 21.6. The lowest BCUT2D eigenvalue weighted by molar-refractivity contribution is 0.0206. The molecule has 1 saturated heterocycles. The van der Waals surface area contributed by atoms with E-state index in [9.17, 15) is 0 Å². The molecule has 0 aromatic carbocycles. The summed E-state index contributed by atoms with van der Waals surface area (Å²) in [7, 11) is 1.67. The molecule has 1 aliphatic heterocycles. The Balaban J connectivity index is 1.75. The molecule has 1 atom stereocenters. The van der Waals surface area contributed by atoms with Gasteiger partial charge in [0, 0.05) is 13.2 Å². The molecule has 0 amide bonds. The van der Waals surface area contributed by atoms with E-state index < -0.39 is 0 Å². The molecule has 1 unspecified atom stereocenters. The Morgan fingerprint density at radius 2 is 1.93 bits per heavy atom. The van der Waals surface area contributed by atoms with Crippen molar-refractivity contribution in [3.05, 3.63) is 0 Å². The quantitative estimate of drug-likeness (QED) is 0.580. The van der Waals surface area contributed by atoms with Gasteiger partial charge in [0.2, 0.25) is 0 Å². The average molecular weight is 203 g/mol. The van der Waals surface area contributed by atoms with Gasteiger partial charge >= 0.3 is 0 Å². The number of hydrogen-bond donors (Lipinski definition) is 1. The number of nitrogens with one attached hydrogen (secondary N) is 1. The van der Waals surface area contributed by atoms with Gasteiger partial charge in [-0.3, -0.25) is 0 Å². The molecule has 0 radical (unpaired) electrons. The van der Waals surface area contributed by atoms with E-state index in [1.165, 1.54) is 12.8 Å². The maximum Gasteiger partial charge on any atom is 0.0701 e. The zero-order valence-corrected chi connectivity index (χ0v) is 8.96. The Morgan fingerprint density at radius 3 is 2.64 bits per heavy atom. The Hall–Kier alpha value is -0.160. The van der Waals surface area contributed by atoms with Crippen LogP contribution < -0.4 is 5.32 Å². The van der Waals surface area contributed by atoms with Crippen LogP contribution in [0.3, 0.4) is 0 Å². The Labute approximate surface area is 85.9 Å². The maximum absolute atomic E-state index is 5.47. The molecule has 0 aliphatic carbocycles. The van der Waals surface area contributed by atoms with Crippen LogP contribution in [0.1, 0.15) is 12.8 Å². The molecule has 84 valence electrons. The van der Waals surface area contributed by atoms with Crippen LogP contribution in [-0.4, -0.2) is 52.7 Å². The average Bonchev–Trinajstić information content (AvgIpc) is 2.69. The van der Waals surface area contributed by atoms with Crippen molar-refractivity contribution in [2.24, 2.45) is 0 Å². The lowest BCUT2D eigenvalue weighted by Crippen LogP contribution is -2.27. The summed E-state index contributed by atoms with van der Waals surface area (Å²) in [5.41, 5.74) is 0. The fourth-order valence-corrected chi connectivity index (χ4v) is 1.49. The van der Waals surface area contributed by atoms with Gasteiger partial charge in [-0.05, 0) is 19.4 Å². The van der Waals surface area contributed by atoms with Crippen LogP contribution in [0, 0.1) is 0 Å². The minimum absolute atomic E-state index is 0.564. The molecule has 1 heterocycles. The van der Waals surface area contributed by atoms with E-state index in [-0.39, 0.29) is 0 Å². The van der Waals surface area contributed by atoms with E-state index in [0.717, 1.165) is 13.2 Å². The van der Waals surface area contributed by atoms with Gasteiger partial charge in [0.25, 0.3) is 0 Å². The molecular weight excluding hydrogens is 182 g/mol. The number of methoxy groups -OCH3 is 1. The van der Waals surface area contributed by atoms with Crippen molar-refractivity contribution >= 4 is 0 Å². The summed E-state index contributed by atoms with van der Waals surface area (Å²) in [6.45, 7) is 4.61. The molecule has 0 aromatic heterocycles. The van der Waals surface area contributed by atoms with Crippen molar-refractivity contribution in [1.29, 1.82) is 0 Å². The Bertz CT molecular complexity index is 127. The summed E-state index contributed by atoms with van der Waals surface area (Å²) in [6, 6.07) is 0.564. The third-order valence-electron chi connectivity index (χ3n) is 2.29. The second kappa shape index (κ2) is 8.17. The molecule has 1 rings (SSSR count). The monoisotopic (exact) mass is 203 g/mol. The summed E-state index contributed by atoms with van der Waals surface area (Å²) in [4.78, 5) is 0. The molecule has 0 aromatic rings. The molecule has 0 bridgehead atoms. The van der Waals surface area contributed by atoms with Gasteiger partial charge < -0.3 is 19.5 Å².